The minimum atomic E-state index is -3.22. The Morgan fingerprint density at radius 2 is 2.06 bits per heavy atom. The van der Waals surface area contributed by atoms with Crippen LogP contribution in [0.2, 0.25) is 0 Å². The lowest BCUT2D eigenvalue weighted by Crippen LogP contribution is -2.32. The minimum absolute atomic E-state index is 0.123. The van der Waals surface area contributed by atoms with Gasteiger partial charge in [-0.2, -0.15) is 4.31 Å². The van der Waals surface area contributed by atoms with E-state index in [1.165, 1.54) is 4.31 Å². The normalized spacial score (nSPS) is 25.9. The molecule has 5 heteroatoms. The Kier molecular flexibility index (Phi) is 3.51. The van der Waals surface area contributed by atoms with E-state index in [4.69, 9.17) is 0 Å². The zero-order valence-electron chi connectivity index (χ0n) is 9.78. The van der Waals surface area contributed by atoms with Crippen molar-refractivity contribution in [3.63, 3.8) is 0 Å². The van der Waals surface area contributed by atoms with Crippen molar-refractivity contribution in [2.75, 3.05) is 18.9 Å². The summed E-state index contributed by atoms with van der Waals surface area (Å²) < 4.78 is 25.3. The van der Waals surface area contributed by atoms with Gasteiger partial charge in [0, 0.05) is 6.54 Å². The molecule has 1 aliphatic rings. The van der Waals surface area contributed by atoms with Gasteiger partial charge in [-0.1, -0.05) is 37.3 Å². The minimum Gasteiger partial charge on any atom is -0.394 e. The van der Waals surface area contributed by atoms with E-state index < -0.39 is 16.1 Å². The highest BCUT2D eigenvalue weighted by atomic mass is 32.2. The molecule has 0 bridgehead atoms. The molecule has 1 aliphatic heterocycles. The molecule has 17 heavy (non-hydrogen) atoms. The van der Waals surface area contributed by atoms with Crippen molar-refractivity contribution >= 4 is 10.0 Å². The molecule has 0 aromatic heterocycles. The number of sulfonamides is 1. The second-order valence-electron chi connectivity index (χ2n) is 4.56. The van der Waals surface area contributed by atoms with Crippen molar-refractivity contribution < 1.29 is 13.5 Å². The van der Waals surface area contributed by atoms with E-state index in [0.29, 0.717) is 6.54 Å². The SMILES string of the molecule is CC1CN(C(CO)c2ccccc2)S(=O)(=O)C1. The van der Waals surface area contributed by atoms with Crippen LogP contribution in [-0.2, 0) is 10.0 Å². The highest BCUT2D eigenvalue weighted by Gasteiger charge is 2.38. The quantitative estimate of drug-likeness (QED) is 0.876. The third kappa shape index (κ3) is 2.51. The second kappa shape index (κ2) is 4.76. The molecule has 1 saturated heterocycles. The highest BCUT2D eigenvalue weighted by Crippen LogP contribution is 2.30. The fourth-order valence-electron chi connectivity index (χ4n) is 2.29. The van der Waals surface area contributed by atoms with E-state index in [0.717, 1.165) is 5.56 Å². The molecule has 2 rings (SSSR count). The molecule has 1 fully saturated rings. The maximum atomic E-state index is 12.0. The molecule has 1 aromatic carbocycles. The Labute approximate surface area is 102 Å². The molecule has 2 atom stereocenters. The van der Waals surface area contributed by atoms with Gasteiger partial charge < -0.3 is 5.11 Å². The van der Waals surface area contributed by atoms with Crippen molar-refractivity contribution in [3.05, 3.63) is 35.9 Å². The van der Waals surface area contributed by atoms with Crippen LogP contribution in [0.4, 0.5) is 0 Å². The van der Waals surface area contributed by atoms with Gasteiger partial charge in [0.2, 0.25) is 10.0 Å². The van der Waals surface area contributed by atoms with Crippen LogP contribution in [0, 0.1) is 5.92 Å². The number of hydrogen-bond acceptors (Lipinski definition) is 3. The van der Waals surface area contributed by atoms with Gasteiger partial charge in [0.25, 0.3) is 0 Å². The van der Waals surface area contributed by atoms with Crippen molar-refractivity contribution in [2.45, 2.75) is 13.0 Å². The molecule has 2 unspecified atom stereocenters. The maximum absolute atomic E-state index is 12.0. The smallest absolute Gasteiger partial charge is 0.215 e. The standard InChI is InChI=1S/C12H17NO3S/c1-10-7-13(17(15,16)9-10)12(8-14)11-5-3-2-4-6-11/h2-6,10,12,14H,7-9H2,1H3. The Morgan fingerprint density at radius 3 is 2.53 bits per heavy atom. The van der Waals surface area contributed by atoms with Gasteiger partial charge in [-0.25, -0.2) is 8.42 Å². The molecule has 4 nitrogen and oxygen atoms in total. The van der Waals surface area contributed by atoms with E-state index in [1.807, 2.05) is 37.3 Å². The number of aliphatic hydroxyl groups is 1. The van der Waals surface area contributed by atoms with E-state index in [2.05, 4.69) is 0 Å². The molecule has 0 aliphatic carbocycles. The second-order valence-corrected chi connectivity index (χ2v) is 6.53. The van der Waals surface area contributed by atoms with Gasteiger partial charge in [0.05, 0.1) is 18.4 Å². The number of hydrogen-bond donors (Lipinski definition) is 1. The van der Waals surface area contributed by atoms with E-state index in [-0.39, 0.29) is 18.3 Å². The Bertz CT molecular complexity index is 472. The van der Waals surface area contributed by atoms with Gasteiger partial charge in [0.1, 0.15) is 0 Å². The van der Waals surface area contributed by atoms with Crippen molar-refractivity contribution in [1.29, 1.82) is 0 Å². The van der Waals surface area contributed by atoms with E-state index in [9.17, 15) is 13.5 Å². The third-order valence-electron chi connectivity index (χ3n) is 3.05. The van der Waals surface area contributed by atoms with E-state index in [1.54, 1.807) is 0 Å². The summed E-state index contributed by atoms with van der Waals surface area (Å²) in [7, 11) is -3.22. The van der Waals surface area contributed by atoms with Crippen LogP contribution in [0.1, 0.15) is 18.5 Å². The molecule has 1 aromatic rings. The molecule has 94 valence electrons. The van der Waals surface area contributed by atoms with Gasteiger partial charge in [0.15, 0.2) is 0 Å². The monoisotopic (exact) mass is 255 g/mol. The number of aliphatic hydroxyl groups excluding tert-OH is 1. The lowest BCUT2D eigenvalue weighted by molar-refractivity contribution is 0.189. The molecular formula is C12H17NO3S. The van der Waals surface area contributed by atoms with Crippen LogP contribution in [0.3, 0.4) is 0 Å². The molecule has 0 spiro atoms. The van der Waals surface area contributed by atoms with Gasteiger partial charge in [-0.05, 0) is 11.5 Å². The number of rotatable bonds is 3. The first kappa shape index (κ1) is 12.5. The average Bonchev–Trinajstić information content (AvgIpc) is 2.55. The molecule has 1 heterocycles. The summed E-state index contributed by atoms with van der Waals surface area (Å²) in [6.07, 6.45) is 0. The van der Waals surface area contributed by atoms with E-state index >= 15 is 0 Å². The van der Waals surface area contributed by atoms with Gasteiger partial charge in [-0.15, -0.1) is 0 Å². The summed E-state index contributed by atoms with van der Waals surface area (Å²) in [5, 5.41) is 9.45. The molecule has 0 amide bonds. The molecular weight excluding hydrogens is 238 g/mol. The topological polar surface area (TPSA) is 57.6 Å². The number of nitrogens with zero attached hydrogens (tertiary/aromatic N) is 1. The zero-order valence-corrected chi connectivity index (χ0v) is 10.6. The summed E-state index contributed by atoms with van der Waals surface area (Å²) in [5.74, 6) is 0.300. The Balaban J connectivity index is 2.32. The van der Waals surface area contributed by atoms with Crippen molar-refractivity contribution in [1.82, 2.24) is 4.31 Å². The summed E-state index contributed by atoms with van der Waals surface area (Å²) in [6.45, 7) is 2.22. The first-order valence-electron chi connectivity index (χ1n) is 5.70. The zero-order chi connectivity index (χ0) is 12.5. The first-order valence-corrected chi connectivity index (χ1v) is 7.31. The lowest BCUT2D eigenvalue weighted by atomic mass is 10.1. The summed E-state index contributed by atoms with van der Waals surface area (Å²) in [6, 6.07) is 8.82. The summed E-state index contributed by atoms with van der Waals surface area (Å²) >= 11 is 0. The van der Waals surface area contributed by atoms with Crippen LogP contribution in [0.25, 0.3) is 0 Å². The van der Waals surface area contributed by atoms with Crippen LogP contribution >= 0.6 is 0 Å². The largest absolute Gasteiger partial charge is 0.394 e. The van der Waals surface area contributed by atoms with Crippen molar-refractivity contribution in [2.24, 2.45) is 5.92 Å². The van der Waals surface area contributed by atoms with Crippen LogP contribution in [-0.4, -0.2) is 36.7 Å². The average molecular weight is 255 g/mol. The Hall–Kier alpha value is -0.910. The fourth-order valence-corrected chi connectivity index (χ4v) is 4.36. The van der Waals surface area contributed by atoms with Crippen LogP contribution in [0.15, 0.2) is 30.3 Å². The van der Waals surface area contributed by atoms with Crippen LogP contribution < -0.4 is 0 Å². The summed E-state index contributed by atoms with van der Waals surface area (Å²) in [4.78, 5) is 0. The van der Waals surface area contributed by atoms with Gasteiger partial charge in [-0.3, -0.25) is 0 Å². The fraction of sp³-hybridized carbons (Fsp3) is 0.500. The summed E-state index contributed by atoms with van der Waals surface area (Å²) in [5.41, 5.74) is 0.840. The number of benzene rings is 1. The Morgan fingerprint density at radius 1 is 1.41 bits per heavy atom. The predicted molar refractivity (Wildman–Crippen MR) is 65.9 cm³/mol. The molecule has 0 radical (unpaired) electrons. The molecule has 1 N–H and O–H groups in total. The molecule has 0 saturated carbocycles. The third-order valence-corrected chi connectivity index (χ3v) is 5.16. The predicted octanol–water partition coefficient (Wildman–Crippen LogP) is 1.00. The highest BCUT2D eigenvalue weighted by molar-refractivity contribution is 7.89. The van der Waals surface area contributed by atoms with Gasteiger partial charge >= 0.3 is 0 Å². The van der Waals surface area contributed by atoms with Crippen molar-refractivity contribution in [3.8, 4) is 0 Å². The lowest BCUT2D eigenvalue weighted by Gasteiger charge is -2.25. The maximum Gasteiger partial charge on any atom is 0.215 e. The van der Waals surface area contributed by atoms with Crippen LogP contribution in [0.5, 0.6) is 0 Å². The first-order chi connectivity index (χ1) is 8.04.